The van der Waals surface area contributed by atoms with E-state index >= 15 is 0 Å². The third-order valence-electron chi connectivity index (χ3n) is 17.6. The predicted molar refractivity (Wildman–Crippen MR) is 392 cm³/mol. The molecule has 3 aliphatic rings. The van der Waals surface area contributed by atoms with Gasteiger partial charge < -0.3 is 89.9 Å². The molecule has 99 heavy (non-hydrogen) atoms. The van der Waals surface area contributed by atoms with E-state index in [1.807, 2.05) is 6.08 Å². The number of unbranched alkanes of at least 4 members (excludes halogenated alkanes) is 18. The van der Waals surface area contributed by atoms with Crippen molar-refractivity contribution in [2.75, 3.05) is 26.4 Å². The summed E-state index contributed by atoms with van der Waals surface area (Å²) < 4.78 is 34.3. The van der Waals surface area contributed by atoms with Crippen molar-refractivity contribution < 1.29 is 89.4 Å². The third-order valence-corrected chi connectivity index (χ3v) is 17.6. The van der Waals surface area contributed by atoms with Crippen molar-refractivity contribution in [1.29, 1.82) is 0 Å². The normalized spacial score (nSPS) is 27.5. The molecule has 0 aromatic rings. The molecule has 12 N–H and O–H groups in total. The molecule has 0 aliphatic carbocycles. The summed E-state index contributed by atoms with van der Waals surface area (Å²) >= 11 is 0. The Balaban J connectivity index is 1.39. The van der Waals surface area contributed by atoms with Gasteiger partial charge in [-0.25, -0.2) is 0 Å². The number of carbonyl (C=O) groups is 1. The van der Waals surface area contributed by atoms with E-state index in [9.17, 15) is 61.0 Å². The number of ether oxygens (including phenoxy) is 6. The molecule has 0 radical (unpaired) electrons. The highest BCUT2D eigenvalue weighted by Gasteiger charge is 2.53. The largest absolute Gasteiger partial charge is 0.394 e. The number of allylic oxidation sites excluding steroid dienone is 23. The van der Waals surface area contributed by atoms with Crippen LogP contribution in [0.15, 0.2) is 146 Å². The maximum atomic E-state index is 13.4. The Morgan fingerprint density at radius 3 is 1.13 bits per heavy atom. The van der Waals surface area contributed by atoms with Gasteiger partial charge in [0.2, 0.25) is 5.91 Å². The number of aliphatic hydroxyl groups excluding tert-OH is 11. The molecule has 0 saturated carbocycles. The first-order valence-electron chi connectivity index (χ1n) is 37.6. The first-order valence-corrected chi connectivity index (χ1v) is 37.6. The van der Waals surface area contributed by atoms with Crippen molar-refractivity contribution in [2.45, 2.75) is 324 Å². The molecule has 17 unspecified atom stereocenters. The number of hydrogen-bond acceptors (Lipinski definition) is 18. The fourth-order valence-corrected chi connectivity index (χ4v) is 11.6. The van der Waals surface area contributed by atoms with Gasteiger partial charge >= 0.3 is 0 Å². The molecule has 1 amide bonds. The molecule has 19 nitrogen and oxygen atoms in total. The highest BCUT2D eigenvalue weighted by Crippen LogP contribution is 2.33. The second kappa shape index (κ2) is 59.1. The van der Waals surface area contributed by atoms with Gasteiger partial charge in [0.25, 0.3) is 0 Å². The molecule has 0 aromatic carbocycles. The molecular weight excluding hydrogens is 1260 g/mol. The van der Waals surface area contributed by atoms with Gasteiger partial charge in [0.05, 0.1) is 38.6 Å². The Bertz CT molecular complexity index is 2360. The van der Waals surface area contributed by atoms with E-state index in [1.54, 1.807) is 6.08 Å². The summed E-state index contributed by atoms with van der Waals surface area (Å²) in [4.78, 5) is 13.4. The predicted octanol–water partition coefficient (Wildman–Crippen LogP) is 11.5. The van der Waals surface area contributed by atoms with Gasteiger partial charge in [-0.15, -0.1) is 0 Å². The summed E-state index contributed by atoms with van der Waals surface area (Å²) in [6, 6.07) is -1.01. The van der Waals surface area contributed by atoms with Crippen LogP contribution in [0.1, 0.15) is 219 Å². The van der Waals surface area contributed by atoms with Gasteiger partial charge in [0.1, 0.15) is 73.2 Å². The molecule has 19 heteroatoms. The highest BCUT2D eigenvalue weighted by molar-refractivity contribution is 5.76. The molecule has 0 spiro atoms. The van der Waals surface area contributed by atoms with Crippen LogP contribution in [0, 0.1) is 0 Å². The molecule has 564 valence electrons. The van der Waals surface area contributed by atoms with Crippen molar-refractivity contribution in [3.05, 3.63) is 146 Å². The zero-order valence-corrected chi connectivity index (χ0v) is 59.9. The number of hydrogen-bond donors (Lipinski definition) is 12. The van der Waals surface area contributed by atoms with Crippen LogP contribution < -0.4 is 5.32 Å². The summed E-state index contributed by atoms with van der Waals surface area (Å²) in [6.45, 7) is 1.57. The van der Waals surface area contributed by atoms with Crippen molar-refractivity contribution in [2.24, 2.45) is 0 Å². The minimum Gasteiger partial charge on any atom is -0.394 e. The van der Waals surface area contributed by atoms with Crippen LogP contribution >= 0.6 is 0 Å². The van der Waals surface area contributed by atoms with Gasteiger partial charge in [-0.05, 0) is 109 Å². The van der Waals surface area contributed by atoms with Crippen LogP contribution in [0.25, 0.3) is 0 Å². The van der Waals surface area contributed by atoms with Gasteiger partial charge in [0, 0.05) is 6.42 Å². The minimum atomic E-state index is -1.99. The average Bonchev–Trinajstić information content (AvgIpc) is 0.786. The SMILES string of the molecule is CC/C=C\C/C=C\C/C=C\C/C=C\C/C=C\C/C=C\C/C=C\C/C=C\C/C=C\C/C=C\CCCCCCCCC(=O)NC(COC1OC(CO)C(OC2OC(CO)C(OC3OC(CO)C(O)C(O)C3O)C(O)C2O)C(O)C1O)C(O)/C=C/CC/C=C/CCCCCCCCCCCCC. The van der Waals surface area contributed by atoms with E-state index in [4.69, 9.17) is 28.4 Å². The quantitative estimate of drug-likeness (QED) is 0.0199. The standard InChI is InChI=1S/C80H131NO18/c1-3-5-7-9-11-13-15-17-19-21-22-23-24-25-26-27-28-29-30-31-32-33-34-35-36-37-38-39-40-42-44-46-48-50-52-54-56-58-68(86)81-63(64(85)57-55-53-51-49-47-45-43-41-20-18-16-14-12-10-8-6-4-2)62-94-78-74(92)71(89)76(66(60-83)96-78)99-80-75(93)72(90)77(67(61-84)97-80)98-79-73(91)70(88)69(87)65(59-82)95-79/h5,7,11,13,17,19,22-23,25-26,28-29,31-32,34-35,37-38,40,42,47,49,55,57,63-67,69-80,82-85,87-93H,3-4,6,8-10,12,14-16,18,20-21,24,27,30,33,36,39,41,43-46,48,50-54,56,58-62H2,1-2H3,(H,81,86)/b7-5-,13-11-,19-17-,23-22-,26-25-,29-28-,32-31-,35-34-,38-37-,42-40-,49-47+,57-55+. The van der Waals surface area contributed by atoms with Gasteiger partial charge in [-0.1, -0.05) is 250 Å². The van der Waals surface area contributed by atoms with Crippen LogP contribution in [0.2, 0.25) is 0 Å². The summed E-state index contributed by atoms with van der Waals surface area (Å²) in [6.07, 6.45) is 58.2. The zero-order valence-electron chi connectivity index (χ0n) is 59.9. The summed E-state index contributed by atoms with van der Waals surface area (Å²) in [5.41, 5.74) is 0. The fraction of sp³-hybridized carbons (Fsp3) is 0.688. The molecule has 3 rings (SSSR count). The number of aliphatic hydroxyl groups is 11. The van der Waals surface area contributed by atoms with Crippen molar-refractivity contribution in [3.8, 4) is 0 Å². The Kier molecular flexibility index (Phi) is 53.1. The van der Waals surface area contributed by atoms with Crippen LogP contribution in [-0.2, 0) is 33.2 Å². The monoisotopic (exact) mass is 1390 g/mol. The topological polar surface area (TPSA) is 307 Å². The lowest BCUT2D eigenvalue weighted by molar-refractivity contribution is -0.379. The molecule has 0 aromatic heterocycles. The first kappa shape index (κ1) is 88.9. The Labute approximate surface area is 593 Å². The lowest BCUT2D eigenvalue weighted by Crippen LogP contribution is -2.66. The summed E-state index contributed by atoms with van der Waals surface area (Å²) in [5.74, 6) is -0.306. The van der Waals surface area contributed by atoms with Crippen molar-refractivity contribution >= 4 is 5.91 Å². The van der Waals surface area contributed by atoms with E-state index in [-0.39, 0.29) is 18.9 Å². The van der Waals surface area contributed by atoms with Crippen LogP contribution in [0.5, 0.6) is 0 Å². The zero-order chi connectivity index (χ0) is 71.8. The summed E-state index contributed by atoms with van der Waals surface area (Å²) in [7, 11) is 0. The Morgan fingerprint density at radius 1 is 0.374 bits per heavy atom. The number of rotatable bonds is 56. The van der Waals surface area contributed by atoms with Crippen molar-refractivity contribution in [3.63, 3.8) is 0 Å². The maximum absolute atomic E-state index is 13.4. The average molecular weight is 1390 g/mol. The first-order chi connectivity index (χ1) is 48.3. The fourth-order valence-electron chi connectivity index (χ4n) is 11.6. The highest BCUT2D eigenvalue weighted by atomic mass is 16.8. The molecule has 0 bridgehead atoms. The molecular formula is C80H131NO18. The van der Waals surface area contributed by atoms with Crippen molar-refractivity contribution in [1.82, 2.24) is 5.32 Å². The van der Waals surface area contributed by atoms with E-state index in [0.29, 0.717) is 12.8 Å². The molecule has 17 atom stereocenters. The molecule has 3 aliphatic heterocycles. The van der Waals surface area contributed by atoms with Crippen LogP contribution in [-0.4, -0.2) is 193 Å². The lowest BCUT2D eigenvalue weighted by Gasteiger charge is -2.48. The second-order valence-corrected chi connectivity index (χ2v) is 26.0. The molecule has 3 heterocycles. The van der Waals surface area contributed by atoms with Gasteiger partial charge in [-0.3, -0.25) is 4.79 Å². The van der Waals surface area contributed by atoms with Gasteiger partial charge in [0.15, 0.2) is 18.9 Å². The van der Waals surface area contributed by atoms with E-state index < -0.39 is 124 Å². The molecule has 3 saturated heterocycles. The maximum Gasteiger partial charge on any atom is 0.220 e. The van der Waals surface area contributed by atoms with Crippen LogP contribution in [0.4, 0.5) is 0 Å². The van der Waals surface area contributed by atoms with E-state index in [0.717, 1.165) is 122 Å². The third kappa shape index (κ3) is 39.8. The van der Waals surface area contributed by atoms with E-state index in [2.05, 4.69) is 153 Å². The Morgan fingerprint density at radius 2 is 0.707 bits per heavy atom. The second-order valence-electron chi connectivity index (χ2n) is 26.0. The van der Waals surface area contributed by atoms with E-state index in [1.165, 1.54) is 64.2 Å². The van der Waals surface area contributed by atoms with Gasteiger partial charge in [-0.2, -0.15) is 0 Å². The lowest BCUT2D eigenvalue weighted by atomic mass is 9.96. The minimum absolute atomic E-state index is 0.208. The number of carbonyl (C=O) groups excluding carboxylic acids is 1. The molecule has 3 fully saturated rings. The summed E-state index contributed by atoms with van der Waals surface area (Å²) in [5, 5.41) is 121. The number of amides is 1. The Hall–Kier alpha value is -4.33. The smallest absolute Gasteiger partial charge is 0.220 e. The van der Waals surface area contributed by atoms with Crippen LogP contribution in [0.3, 0.4) is 0 Å². The number of nitrogens with one attached hydrogen (secondary N) is 1.